The van der Waals surface area contributed by atoms with E-state index in [1.807, 2.05) is 39.2 Å². The van der Waals surface area contributed by atoms with Crippen LogP contribution in [0.5, 0.6) is 17.2 Å². The number of amides is 4. The van der Waals surface area contributed by atoms with Gasteiger partial charge in [0.2, 0.25) is 5.91 Å². The van der Waals surface area contributed by atoms with Gasteiger partial charge in [-0.25, -0.2) is 4.79 Å². The highest BCUT2D eigenvalue weighted by Gasteiger charge is 2.21. The molecule has 0 saturated carbocycles. The number of hydrogen-bond acceptors (Lipinski definition) is 9. The van der Waals surface area contributed by atoms with E-state index in [0.717, 1.165) is 37.8 Å². The predicted octanol–water partition coefficient (Wildman–Crippen LogP) is 6.83. The lowest BCUT2D eigenvalue weighted by atomic mass is 10.1. The quantitative estimate of drug-likeness (QED) is 0.0994. The number of methoxy groups -OCH3 is 1. The highest BCUT2D eigenvalue weighted by molar-refractivity contribution is 6.09. The lowest BCUT2D eigenvalue weighted by molar-refractivity contribution is -0.121. The van der Waals surface area contributed by atoms with E-state index in [9.17, 15) is 19.2 Å². The maximum Gasteiger partial charge on any atom is 0.407 e. The van der Waals surface area contributed by atoms with Crippen molar-refractivity contribution in [2.75, 3.05) is 71.3 Å². The number of carbonyl (C=O) groups is 4. The summed E-state index contributed by atoms with van der Waals surface area (Å²) in [4.78, 5) is 54.8. The average Bonchev–Trinajstić information content (AvgIpc) is 3.13. The van der Waals surface area contributed by atoms with Crippen molar-refractivity contribution in [2.45, 2.75) is 71.8 Å². The number of aryl methyl sites for hydroxylation is 1. The van der Waals surface area contributed by atoms with Crippen molar-refractivity contribution >= 4 is 35.2 Å². The minimum atomic E-state index is -0.585. The highest BCUT2D eigenvalue weighted by atomic mass is 16.6. The van der Waals surface area contributed by atoms with Crippen molar-refractivity contribution in [2.24, 2.45) is 0 Å². The molecule has 0 spiro atoms. The van der Waals surface area contributed by atoms with Crippen LogP contribution in [0.4, 0.5) is 16.2 Å². The van der Waals surface area contributed by atoms with Gasteiger partial charge in [-0.1, -0.05) is 18.2 Å². The van der Waals surface area contributed by atoms with Gasteiger partial charge in [0, 0.05) is 32.1 Å². The van der Waals surface area contributed by atoms with Crippen molar-refractivity contribution in [3.8, 4) is 17.2 Å². The third-order valence-corrected chi connectivity index (χ3v) is 8.27. The molecule has 13 heteroatoms. The second-order valence-electron chi connectivity index (χ2n) is 14.5. The van der Waals surface area contributed by atoms with E-state index in [1.165, 1.54) is 12.0 Å². The number of rotatable bonds is 21. The molecule has 0 aromatic heterocycles. The molecule has 13 nitrogen and oxygen atoms in total. The number of benzene rings is 3. The van der Waals surface area contributed by atoms with E-state index in [4.69, 9.17) is 18.9 Å². The Morgan fingerprint density at radius 3 is 2.18 bits per heavy atom. The first kappa shape index (κ1) is 44.1. The number of para-hydroxylation sites is 1. The molecule has 0 aliphatic heterocycles. The molecular formula is C42H59N5O8. The van der Waals surface area contributed by atoms with Gasteiger partial charge >= 0.3 is 6.09 Å². The summed E-state index contributed by atoms with van der Waals surface area (Å²) < 4.78 is 22.9. The van der Waals surface area contributed by atoms with Crippen molar-refractivity contribution in [3.05, 3.63) is 77.4 Å². The third kappa shape index (κ3) is 15.5. The van der Waals surface area contributed by atoms with Gasteiger partial charge < -0.3 is 44.7 Å². The zero-order valence-electron chi connectivity index (χ0n) is 33.7. The molecule has 0 radical (unpaired) electrons. The maximum atomic E-state index is 13.7. The van der Waals surface area contributed by atoms with Gasteiger partial charge in [-0.05, 0) is 128 Å². The van der Waals surface area contributed by atoms with Gasteiger partial charge in [0.1, 0.15) is 22.8 Å². The summed E-state index contributed by atoms with van der Waals surface area (Å²) in [6.07, 6.45) is 3.80. The molecule has 3 N–H and O–H groups in total. The molecule has 0 heterocycles. The molecule has 0 aliphatic rings. The van der Waals surface area contributed by atoms with E-state index >= 15 is 0 Å². The number of ether oxygens (including phenoxy) is 4. The predicted molar refractivity (Wildman–Crippen MR) is 216 cm³/mol. The Balaban J connectivity index is 1.56. The number of hydrogen-bond donors (Lipinski definition) is 3. The number of carbonyl (C=O) groups excluding carboxylic acids is 4. The van der Waals surface area contributed by atoms with E-state index < -0.39 is 17.6 Å². The number of anilines is 2. The van der Waals surface area contributed by atoms with Gasteiger partial charge in [0.15, 0.2) is 0 Å². The molecule has 0 saturated heterocycles. The summed E-state index contributed by atoms with van der Waals surface area (Å²) in [5, 5.41) is 8.53. The van der Waals surface area contributed by atoms with Crippen molar-refractivity contribution < 1.29 is 38.1 Å². The Labute approximate surface area is 326 Å². The van der Waals surface area contributed by atoms with Crippen LogP contribution < -0.4 is 35.1 Å². The smallest absolute Gasteiger partial charge is 0.407 e. The topological polar surface area (TPSA) is 148 Å². The van der Waals surface area contributed by atoms with Crippen LogP contribution >= 0.6 is 0 Å². The first-order chi connectivity index (χ1) is 26.2. The Morgan fingerprint density at radius 1 is 0.745 bits per heavy atom. The number of unbranched alkanes of at least 4 members (excludes halogenated alkanes) is 2. The summed E-state index contributed by atoms with van der Waals surface area (Å²) >= 11 is 0. The van der Waals surface area contributed by atoms with Gasteiger partial charge in [0.25, 0.3) is 11.8 Å². The van der Waals surface area contributed by atoms with Gasteiger partial charge in [0.05, 0.1) is 37.3 Å². The van der Waals surface area contributed by atoms with Crippen molar-refractivity contribution in [1.82, 2.24) is 15.5 Å². The monoisotopic (exact) mass is 761 g/mol. The van der Waals surface area contributed by atoms with Crippen LogP contribution in [0, 0.1) is 6.92 Å². The van der Waals surface area contributed by atoms with Crippen LogP contribution in [-0.2, 0) is 9.53 Å². The van der Waals surface area contributed by atoms with Crippen LogP contribution in [0.2, 0.25) is 0 Å². The fourth-order valence-electron chi connectivity index (χ4n) is 5.43. The average molecular weight is 762 g/mol. The lowest BCUT2D eigenvalue weighted by Gasteiger charge is -2.22. The molecular weight excluding hydrogens is 702 g/mol. The maximum absolute atomic E-state index is 13.7. The van der Waals surface area contributed by atoms with E-state index in [2.05, 4.69) is 20.9 Å². The second kappa shape index (κ2) is 22.2. The molecule has 4 amide bonds. The lowest BCUT2D eigenvalue weighted by Crippen LogP contribution is -2.33. The molecule has 0 atom stereocenters. The molecule has 55 heavy (non-hydrogen) atoms. The SMILES string of the molecule is COc1cc(C(=O)N(C)c2ccc(C)cc2OCCCCCC(=O)NCCCN(C)C)ccc1NC(=O)c1ccccc1OCCCNC(=O)OC(C)(C)C. The van der Waals surface area contributed by atoms with E-state index in [1.54, 1.807) is 70.3 Å². The van der Waals surface area contributed by atoms with Crippen LogP contribution in [-0.4, -0.2) is 95.4 Å². The van der Waals surface area contributed by atoms with Gasteiger partial charge in [-0.15, -0.1) is 0 Å². The van der Waals surface area contributed by atoms with E-state index in [-0.39, 0.29) is 18.4 Å². The van der Waals surface area contributed by atoms with Crippen molar-refractivity contribution in [1.29, 1.82) is 0 Å². The third-order valence-electron chi connectivity index (χ3n) is 8.27. The summed E-state index contributed by atoms with van der Waals surface area (Å²) in [6.45, 7) is 10.0. The van der Waals surface area contributed by atoms with Crippen molar-refractivity contribution in [3.63, 3.8) is 0 Å². The summed E-state index contributed by atoms with van der Waals surface area (Å²) in [6, 6.07) is 17.4. The standard InChI is InChI=1S/C42H59N5O8/c1-30-19-22-34(37(28-30)54-26-13-9-10-18-38(48)43-23-14-25-46(5)6)47(7)40(50)31-20-21-33(36(29-31)52-8)45-39(49)32-16-11-12-17-35(32)53-27-15-24-44-41(51)55-42(2,3)4/h11-12,16-17,19-22,28-29H,9-10,13-15,18,23-27H2,1-8H3,(H,43,48)(H,44,51)(H,45,49). The fraction of sp³-hybridized carbons (Fsp3) is 0.476. The zero-order chi connectivity index (χ0) is 40.4. The minimum Gasteiger partial charge on any atom is -0.495 e. The number of alkyl carbamates (subject to hydrolysis) is 1. The number of nitrogens with zero attached hydrogens (tertiary/aromatic N) is 2. The van der Waals surface area contributed by atoms with Gasteiger partial charge in [-0.2, -0.15) is 0 Å². The van der Waals surface area contributed by atoms with Gasteiger partial charge in [-0.3, -0.25) is 14.4 Å². The number of nitrogens with one attached hydrogen (secondary N) is 3. The molecule has 3 aromatic carbocycles. The summed E-state index contributed by atoms with van der Waals surface area (Å²) in [5.74, 6) is 0.642. The molecule has 0 aliphatic carbocycles. The Hall–Kier alpha value is -5.30. The highest BCUT2D eigenvalue weighted by Crippen LogP contribution is 2.32. The molecule has 3 aromatic rings. The molecule has 3 rings (SSSR count). The molecule has 0 unspecified atom stereocenters. The van der Waals surface area contributed by atoms with Crippen LogP contribution in [0.1, 0.15) is 85.6 Å². The largest absolute Gasteiger partial charge is 0.495 e. The molecule has 0 bridgehead atoms. The minimum absolute atomic E-state index is 0.0717. The van der Waals surface area contributed by atoms with E-state index in [0.29, 0.717) is 72.3 Å². The Kier molecular flexibility index (Phi) is 17.8. The first-order valence-electron chi connectivity index (χ1n) is 18.8. The summed E-state index contributed by atoms with van der Waals surface area (Å²) in [7, 11) is 7.18. The van der Waals surface area contributed by atoms with Crippen LogP contribution in [0.15, 0.2) is 60.7 Å². The van der Waals surface area contributed by atoms with Crippen LogP contribution in [0.25, 0.3) is 0 Å². The van der Waals surface area contributed by atoms with Crippen LogP contribution in [0.3, 0.4) is 0 Å². The molecule has 300 valence electrons. The second-order valence-corrected chi connectivity index (χ2v) is 14.5. The normalized spacial score (nSPS) is 11.1. The Morgan fingerprint density at radius 2 is 1.45 bits per heavy atom. The Bertz CT molecular complexity index is 1720. The molecule has 0 fully saturated rings. The summed E-state index contributed by atoms with van der Waals surface area (Å²) in [5.41, 5.74) is 2.07. The zero-order valence-corrected chi connectivity index (χ0v) is 33.7. The fourth-order valence-corrected chi connectivity index (χ4v) is 5.43. The first-order valence-corrected chi connectivity index (χ1v) is 18.8.